The van der Waals surface area contributed by atoms with E-state index in [0.29, 0.717) is 24.6 Å². The number of hydrogen-bond acceptors (Lipinski definition) is 2. The van der Waals surface area contributed by atoms with Crippen LogP contribution >= 0.6 is 0 Å². The van der Waals surface area contributed by atoms with Crippen molar-refractivity contribution in [2.24, 2.45) is 10.7 Å². The Hall–Kier alpha value is -2.04. The third-order valence-corrected chi connectivity index (χ3v) is 2.38. The second kappa shape index (κ2) is 8.13. The van der Waals surface area contributed by atoms with Crippen LogP contribution in [-0.4, -0.2) is 31.0 Å². The first-order chi connectivity index (χ1) is 9.09. The molecule has 0 heterocycles. The van der Waals surface area contributed by atoms with Crippen LogP contribution in [0.1, 0.15) is 30.6 Å². The lowest BCUT2D eigenvalue weighted by atomic mass is 10.2. The van der Waals surface area contributed by atoms with Crippen molar-refractivity contribution < 1.29 is 4.79 Å². The average molecular weight is 262 g/mol. The van der Waals surface area contributed by atoms with Gasteiger partial charge in [-0.25, -0.2) is 0 Å². The van der Waals surface area contributed by atoms with E-state index in [9.17, 15) is 4.79 Å². The molecule has 19 heavy (non-hydrogen) atoms. The van der Waals surface area contributed by atoms with Crippen LogP contribution in [-0.2, 0) is 0 Å². The number of hydrogen-bond donors (Lipinski definition) is 3. The van der Waals surface area contributed by atoms with Crippen LogP contribution in [0.2, 0.25) is 0 Å². The van der Waals surface area contributed by atoms with Gasteiger partial charge >= 0.3 is 0 Å². The van der Waals surface area contributed by atoms with Crippen LogP contribution < -0.4 is 16.4 Å². The predicted molar refractivity (Wildman–Crippen MR) is 78.2 cm³/mol. The van der Waals surface area contributed by atoms with Crippen molar-refractivity contribution in [3.63, 3.8) is 0 Å². The molecule has 5 nitrogen and oxygen atoms in total. The molecule has 0 aromatic heterocycles. The molecule has 104 valence electrons. The van der Waals surface area contributed by atoms with Gasteiger partial charge in [0.15, 0.2) is 5.96 Å². The fourth-order valence-corrected chi connectivity index (χ4v) is 1.51. The number of nitrogens with two attached hydrogens (primary N) is 1. The van der Waals surface area contributed by atoms with E-state index in [2.05, 4.69) is 15.6 Å². The quantitative estimate of drug-likeness (QED) is 0.408. The maximum atomic E-state index is 11.7. The first-order valence-corrected chi connectivity index (χ1v) is 6.49. The first kappa shape index (κ1) is 15.0. The van der Waals surface area contributed by atoms with Gasteiger partial charge in [0.25, 0.3) is 5.91 Å². The molecule has 0 aliphatic carbocycles. The van der Waals surface area contributed by atoms with Crippen molar-refractivity contribution in [3.8, 4) is 0 Å². The fourth-order valence-electron chi connectivity index (χ4n) is 1.51. The Morgan fingerprint density at radius 1 is 1.32 bits per heavy atom. The number of nitrogens with one attached hydrogen (secondary N) is 2. The maximum Gasteiger partial charge on any atom is 0.251 e. The topological polar surface area (TPSA) is 79.5 Å². The zero-order valence-corrected chi connectivity index (χ0v) is 11.5. The van der Waals surface area contributed by atoms with E-state index in [1.807, 2.05) is 32.0 Å². The number of benzene rings is 1. The van der Waals surface area contributed by atoms with Crippen LogP contribution in [0.15, 0.2) is 35.3 Å². The minimum atomic E-state index is -0.0575. The summed E-state index contributed by atoms with van der Waals surface area (Å²) in [6.45, 7) is 5.19. The summed E-state index contributed by atoms with van der Waals surface area (Å²) in [6.07, 6.45) is 0.763. The molecule has 0 bridgehead atoms. The summed E-state index contributed by atoms with van der Waals surface area (Å²) in [5.41, 5.74) is 6.33. The van der Waals surface area contributed by atoms with Gasteiger partial charge in [0.1, 0.15) is 0 Å². The van der Waals surface area contributed by atoms with Gasteiger partial charge in [0.2, 0.25) is 0 Å². The summed E-state index contributed by atoms with van der Waals surface area (Å²) in [7, 11) is 0. The number of carbonyl (C=O) groups is 1. The average Bonchev–Trinajstić information content (AvgIpc) is 2.38. The van der Waals surface area contributed by atoms with Gasteiger partial charge in [-0.1, -0.05) is 18.2 Å². The highest BCUT2D eigenvalue weighted by molar-refractivity contribution is 5.94. The van der Waals surface area contributed by atoms with Gasteiger partial charge in [-0.2, -0.15) is 0 Å². The Morgan fingerprint density at radius 3 is 2.63 bits per heavy atom. The van der Waals surface area contributed by atoms with Gasteiger partial charge < -0.3 is 16.4 Å². The van der Waals surface area contributed by atoms with Crippen molar-refractivity contribution in [3.05, 3.63) is 35.9 Å². The second-order valence-corrected chi connectivity index (χ2v) is 4.54. The van der Waals surface area contributed by atoms with Gasteiger partial charge in [-0.3, -0.25) is 9.79 Å². The van der Waals surface area contributed by atoms with Crippen LogP contribution in [0.5, 0.6) is 0 Å². The number of carbonyl (C=O) groups excluding carboxylic acids is 1. The molecule has 1 aromatic carbocycles. The highest BCUT2D eigenvalue weighted by Gasteiger charge is 2.02. The third-order valence-electron chi connectivity index (χ3n) is 2.38. The van der Waals surface area contributed by atoms with E-state index in [1.54, 1.807) is 12.1 Å². The lowest BCUT2D eigenvalue weighted by molar-refractivity contribution is 0.0953. The Morgan fingerprint density at radius 2 is 2.00 bits per heavy atom. The van der Waals surface area contributed by atoms with Gasteiger partial charge in [-0.15, -0.1) is 0 Å². The molecular formula is C14H22N4O. The van der Waals surface area contributed by atoms with Crippen molar-refractivity contribution in [2.45, 2.75) is 26.3 Å². The first-order valence-electron chi connectivity index (χ1n) is 6.49. The minimum Gasteiger partial charge on any atom is -0.370 e. The summed E-state index contributed by atoms with van der Waals surface area (Å²) in [4.78, 5) is 15.9. The standard InChI is InChI=1S/C14H22N4O/c1-11(2)18-14(15)17-10-6-9-16-13(19)12-7-4-3-5-8-12/h3-5,7-8,11H,6,9-10H2,1-2H3,(H,16,19)(H3,15,17,18). The fraction of sp³-hybridized carbons (Fsp3) is 0.429. The second-order valence-electron chi connectivity index (χ2n) is 4.54. The highest BCUT2D eigenvalue weighted by atomic mass is 16.1. The summed E-state index contributed by atoms with van der Waals surface area (Å²) < 4.78 is 0. The molecule has 4 N–H and O–H groups in total. The minimum absolute atomic E-state index is 0.0575. The smallest absolute Gasteiger partial charge is 0.251 e. The molecule has 1 amide bonds. The van der Waals surface area contributed by atoms with E-state index >= 15 is 0 Å². The van der Waals surface area contributed by atoms with Gasteiger partial charge in [0.05, 0.1) is 0 Å². The molecule has 0 aliphatic heterocycles. The molecular weight excluding hydrogens is 240 g/mol. The van der Waals surface area contributed by atoms with E-state index in [-0.39, 0.29) is 11.9 Å². The zero-order chi connectivity index (χ0) is 14.1. The Balaban J connectivity index is 2.19. The van der Waals surface area contributed by atoms with Gasteiger partial charge in [0, 0.05) is 24.7 Å². The molecule has 0 spiro atoms. The van der Waals surface area contributed by atoms with Crippen molar-refractivity contribution in [1.82, 2.24) is 10.6 Å². The lowest BCUT2D eigenvalue weighted by Gasteiger charge is -2.08. The normalized spacial score (nSPS) is 11.4. The van der Waals surface area contributed by atoms with E-state index in [1.165, 1.54) is 0 Å². The molecule has 1 rings (SSSR count). The van der Waals surface area contributed by atoms with Crippen LogP contribution in [0, 0.1) is 0 Å². The molecule has 1 aromatic rings. The number of rotatable bonds is 6. The number of guanidine groups is 1. The van der Waals surface area contributed by atoms with E-state index in [0.717, 1.165) is 6.42 Å². The number of aliphatic imine (C=N–C) groups is 1. The monoisotopic (exact) mass is 262 g/mol. The van der Waals surface area contributed by atoms with Crippen LogP contribution in [0.4, 0.5) is 0 Å². The largest absolute Gasteiger partial charge is 0.370 e. The molecule has 0 saturated carbocycles. The molecule has 0 aliphatic rings. The molecule has 0 unspecified atom stereocenters. The third kappa shape index (κ3) is 6.45. The predicted octanol–water partition coefficient (Wildman–Crippen LogP) is 1.12. The number of nitrogens with zero attached hydrogens (tertiary/aromatic N) is 1. The summed E-state index contributed by atoms with van der Waals surface area (Å²) in [5.74, 6) is 0.391. The Labute approximate surface area is 114 Å². The van der Waals surface area contributed by atoms with Gasteiger partial charge in [-0.05, 0) is 32.4 Å². The van der Waals surface area contributed by atoms with Crippen molar-refractivity contribution in [2.75, 3.05) is 13.1 Å². The lowest BCUT2D eigenvalue weighted by Crippen LogP contribution is -2.37. The van der Waals surface area contributed by atoms with E-state index < -0.39 is 0 Å². The Bertz CT molecular complexity index is 415. The Kier molecular flexibility index (Phi) is 6.43. The molecule has 5 heteroatoms. The summed E-state index contributed by atoms with van der Waals surface area (Å²) >= 11 is 0. The maximum absolute atomic E-state index is 11.7. The molecule has 0 atom stereocenters. The van der Waals surface area contributed by atoms with Crippen LogP contribution in [0.3, 0.4) is 0 Å². The van der Waals surface area contributed by atoms with Crippen LogP contribution in [0.25, 0.3) is 0 Å². The SMILES string of the molecule is CC(C)NC(N)=NCCCNC(=O)c1ccccc1. The molecule has 0 radical (unpaired) electrons. The zero-order valence-electron chi connectivity index (χ0n) is 11.5. The van der Waals surface area contributed by atoms with E-state index in [4.69, 9.17) is 5.73 Å². The summed E-state index contributed by atoms with van der Waals surface area (Å²) in [6, 6.07) is 9.43. The number of amides is 1. The molecule has 0 saturated heterocycles. The van der Waals surface area contributed by atoms with Crippen molar-refractivity contribution in [1.29, 1.82) is 0 Å². The summed E-state index contributed by atoms with van der Waals surface area (Å²) in [5, 5.41) is 5.85. The van der Waals surface area contributed by atoms with Crippen molar-refractivity contribution >= 4 is 11.9 Å². The highest BCUT2D eigenvalue weighted by Crippen LogP contribution is 1.97. The molecule has 0 fully saturated rings.